The molecular weight excluding hydrogens is 1400 g/mol. The van der Waals surface area contributed by atoms with Gasteiger partial charge in [0.1, 0.15) is 60.4 Å². The van der Waals surface area contributed by atoms with Crippen molar-refractivity contribution in [1.82, 2.24) is 57.7 Å². The summed E-state index contributed by atoms with van der Waals surface area (Å²) in [6.45, 7) is 1.18. The maximum absolute atomic E-state index is 15.2. The number of nitrogens with zero attached hydrogens (tertiary/aromatic N) is 1. The summed E-state index contributed by atoms with van der Waals surface area (Å²) in [5.41, 5.74) is 31.3. The summed E-state index contributed by atoms with van der Waals surface area (Å²) in [6, 6.07) is 12.6. The number of primary amides is 1. The minimum Gasteiger partial charge on any atom is -0.481 e. The number of fused-ring (bicyclic) bond motifs is 1. The number of aromatic nitrogens is 1. The molecule has 0 aliphatic rings. The Morgan fingerprint density at radius 1 is 0.444 bits per heavy atom. The number of carboxylic acid groups (broad SMARTS) is 2. The molecule has 0 unspecified atom stereocenters. The van der Waals surface area contributed by atoms with Crippen molar-refractivity contribution in [2.45, 2.75) is 182 Å². The number of aliphatic carboxylic acids is 2. The van der Waals surface area contributed by atoms with Crippen molar-refractivity contribution < 1.29 is 92.7 Å². The van der Waals surface area contributed by atoms with Gasteiger partial charge in [0.15, 0.2) is 0 Å². The van der Waals surface area contributed by atoms with Crippen LogP contribution in [0, 0.1) is 0 Å². The molecule has 0 radical (unpaired) electrons. The van der Waals surface area contributed by atoms with Gasteiger partial charge in [-0.15, -0.1) is 0 Å². The molecule has 12 amide bonds. The summed E-state index contributed by atoms with van der Waals surface area (Å²) < 4.78 is 0. The molecule has 0 fully saturated rings. The van der Waals surface area contributed by atoms with E-state index in [9.17, 15) is 83.1 Å². The second kappa shape index (κ2) is 44.8. The molecule has 0 aliphatic heterocycles. The van der Waals surface area contributed by atoms with Crippen molar-refractivity contribution in [3.8, 4) is 0 Å². The Kier molecular flexibility index (Phi) is 36.3. The SMILES string of the molecule is C[C@@H](O)[C@H](NC(=O)[C@H](CCCCN)NC(=O)[C@@H](Cc1c[nH]c2ccccc12)NC(=O)[C@H](Cc1ccccc1)NC(=O)[C@H](Cc1ccccc1)NC(=O)[C@H](CC(N)=O)NC(=O)[C@@H](N)CCCCN)C(=O)N[C@@H](Cc1ccccc1)C(=O)N[C@H](C(=O)N[C@@H](CO)C(=O)N(C(=O)CCCN)[C@@H](CC(=O)O)C(=O)O)[C@@H](C)O. The number of aliphatic hydroxyl groups is 3. The Morgan fingerprint density at radius 2 is 0.833 bits per heavy atom. The first-order valence-corrected chi connectivity index (χ1v) is 35.3. The summed E-state index contributed by atoms with van der Waals surface area (Å²) in [5.74, 6) is -16.9. The first-order chi connectivity index (χ1) is 51.5. The third-order valence-corrected chi connectivity index (χ3v) is 17.4. The number of aromatic amines is 1. The largest absolute Gasteiger partial charge is 0.481 e. The highest BCUT2D eigenvalue weighted by molar-refractivity contribution is 6.04. The van der Waals surface area contributed by atoms with E-state index in [1.54, 1.807) is 121 Å². The predicted octanol–water partition coefficient (Wildman–Crippen LogP) is -3.96. The van der Waals surface area contributed by atoms with Crippen molar-refractivity contribution in [1.29, 1.82) is 0 Å². The number of hydrogen-bond acceptors (Lipinski definition) is 21. The van der Waals surface area contributed by atoms with Gasteiger partial charge in [-0.05, 0) is 100 Å². The topological polar surface area (TPSA) is 598 Å². The number of carbonyl (C=O) groups is 14. The van der Waals surface area contributed by atoms with Crippen molar-refractivity contribution >= 4 is 93.7 Å². The van der Waals surface area contributed by atoms with Gasteiger partial charge in [0.05, 0.1) is 37.7 Å². The molecule has 0 saturated carbocycles. The lowest BCUT2D eigenvalue weighted by Crippen LogP contribution is -2.63. The fourth-order valence-corrected chi connectivity index (χ4v) is 11.6. The lowest BCUT2D eigenvalue weighted by Gasteiger charge is -2.31. The number of nitrogens with two attached hydrogens (primary N) is 5. The number of amides is 12. The molecule has 13 atom stereocenters. The third kappa shape index (κ3) is 28.0. The summed E-state index contributed by atoms with van der Waals surface area (Å²) in [5, 5.41) is 75.2. The number of unbranched alkanes of at least 4 members (excludes halogenated alkanes) is 2. The molecule has 1 aromatic heterocycles. The molecular formula is C73H100N16O19. The summed E-state index contributed by atoms with van der Waals surface area (Å²) in [6.07, 6.45) is -4.15. The Balaban J connectivity index is 1.47. The molecule has 35 heteroatoms. The highest BCUT2D eigenvalue weighted by Crippen LogP contribution is 2.21. The van der Waals surface area contributed by atoms with Crippen LogP contribution in [-0.2, 0) is 92.8 Å². The van der Waals surface area contributed by atoms with Gasteiger partial charge in [0, 0.05) is 49.2 Å². The maximum Gasteiger partial charge on any atom is 0.327 e. The van der Waals surface area contributed by atoms with Crippen LogP contribution in [0.2, 0.25) is 0 Å². The van der Waals surface area contributed by atoms with Crippen LogP contribution < -0.4 is 76.5 Å². The zero-order valence-corrected chi connectivity index (χ0v) is 60.1. The molecule has 0 bridgehead atoms. The van der Waals surface area contributed by atoms with E-state index in [0.717, 1.165) is 13.8 Å². The van der Waals surface area contributed by atoms with Crippen LogP contribution in [0.4, 0.5) is 0 Å². The Morgan fingerprint density at radius 3 is 1.27 bits per heavy atom. The van der Waals surface area contributed by atoms with E-state index in [1.165, 1.54) is 0 Å². The molecule has 586 valence electrons. The van der Waals surface area contributed by atoms with Crippen LogP contribution in [-0.4, -0.2) is 223 Å². The number of hydrogen-bond donors (Lipinski definition) is 20. The van der Waals surface area contributed by atoms with Crippen molar-refractivity contribution in [2.24, 2.45) is 28.7 Å². The van der Waals surface area contributed by atoms with Crippen molar-refractivity contribution in [2.75, 3.05) is 26.2 Å². The Labute approximate surface area is 622 Å². The minimum atomic E-state index is -2.33. The first-order valence-electron chi connectivity index (χ1n) is 35.3. The number of carbonyl (C=O) groups excluding carboxylic acids is 12. The second-order valence-electron chi connectivity index (χ2n) is 26.0. The third-order valence-electron chi connectivity index (χ3n) is 17.4. The molecule has 0 aliphatic carbocycles. The lowest BCUT2D eigenvalue weighted by atomic mass is 10.00. The van der Waals surface area contributed by atoms with Crippen LogP contribution >= 0.6 is 0 Å². The number of H-pyrrole nitrogens is 1. The highest BCUT2D eigenvalue weighted by atomic mass is 16.4. The van der Waals surface area contributed by atoms with E-state index < -0.39 is 187 Å². The fourth-order valence-electron chi connectivity index (χ4n) is 11.6. The van der Waals surface area contributed by atoms with Gasteiger partial charge in [-0.3, -0.25) is 67.2 Å². The van der Waals surface area contributed by atoms with E-state index in [0.29, 0.717) is 59.0 Å². The molecule has 0 spiro atoms. The average molecular weight is 1510 g/mol. The van der Waals surface area contributed by atoms with Gasteiger partial charge in [-0.2, -0.15) is 0 Å². The van der Waals surface area contributed by atoms with Crippen LogP contribution in [0.15, 0.2) is 121 Å². The number of para-hydroxylation sites is 1. The average Bonchev–Trinajstić information content (AvgIpc) is 1.32. The van der Waals surface area contributed by atoms with Gasteiger partial charge in [-0.1, -0.05) is 116 Å². The molecule has 35 nitrogen and oxygen atoms in total. The van der Waals surface area contributed by atoms with E-state index in [-0.39, 0.29) is 69.4 Å². The maximum atomic E-state index is 15.2. The minimum absolute atomic E-state index is 0.0573. The fraction of sp³-hybridized carbons (Fsp3) is 0.452. The zero-order valence-electron chi connectivity index (χ0n) is 60.1. The number of benzene rings is 4. The number of imide groups is 1. The molecule has 0 saturated heterocycles. The van der Waals surface area contributed by atoms with Crippen molar-refractivity contribution in [3.05, 3.63) is 144 Å². The number of aliphatic hydroxyl groups excluding tert-OH is 3. The summed E-state index contributed by atoms with van der Waals surface area (Å²) >= 11 is 0. The van der Waals surface area contributed by atoms with E-state index in [2.05, 4.69) is 52.8 Å². The first kappa shape index (κ1) is 87.6. The molecule has 5 aromatic rings. The second-order valence-corrected chi connectivity index (χ2v) is 26.0. The normalized spacial score (nSPS) is 14.8. The predicted molar refractivity (Wildman–Crippen MR) is 392 cm³/mol. The number of rotatable bonds is 47. The van der Waals surface area contributed by atoms with Crippen LogP contribution in [0.3, 0.4) is 0 Å². The van der Waals surface area contributed by atoms with Crippen molar-refractivity contribution in [3.63, 3.8) is 0 Å². The van der Waals surface area contributed by atoms with Crippen LogP contribution in [0.25, 0.3) is 10.9 Å². The standard InChI is InChI=1S/C73H100N16O19/c1-41(91)61(70(104)85-53(35-45-23-10-5-11-24-45)69(103)88-62(42(2)92)71(105)86-56(40-90)72(106)89(59(94)29-18-32-76)57(73(107)108)38-60(95)96)87-64(98)50(28-15-17-31-75)80-67(101)54(36-46-39-79-49-27-13-12-25-47(46)49)84-66(100)52(34-44-21-8-4-9-22-44)82-65(99)51(33-43-19-6-3-7-20-43)83-68(102)55(37-58(78)93)81-63(97)48(77)26-14-16-30-74/h3-13,19-25,27,39,41-42,48,50-57,61-62,79,90-92H,14-18,26,28-38,40,74-77H2,1-2H3,(H2,78,93)(H,80,101)(H,81,97)(H,82,99)(H,83,102)(H,84,100)(H,85,104)(H,86,105)(H,87,98)(H,88,103)(H,95,96)(H,107,108)/t41-,42-,48+,50+,51+,52+,53+,54-,55+,56+,57+,61+,62+/m1/s1. The highest BCUT2D eigenvalue weighted by Gasteiger charge is 2.42. The van der Waals surface area contributed by atoms with Gasteiger partial charge in [-0.25, -0.2) is 4.79 Å². The molecule has 4 aromatic carbocycles. The summed E-state index contributed by atoms with van der Waals surface area (Å²) in [7, 11) is 0. The monoisotopic (exact) mass is 1500 g/mol. The van der Waals surface area contributed by atoms with E-state index >= 15 is 9.59 Å². The Bertz CT molecular complexity index is 3850. The van der Waals surface area contributed by atoms with Gasteiger partial charge in [0.2, 0.25) is 65.0 Å². The smallest absolute Gasteiger partial charge is 0.327 e. The Hall–Kier alpha value is -11.1. The van der Waals surface area contributed by atoms with E-state index in [1.807, 2.05) is 0 Å². The quantitative estimate of drug-likeness (QED) is 0.0165. The molecule has 25 N–H and O–H groups in total. The van der Waals surface area contributed by atoms with Gasteiger partial charge < -0.3 is 107 Å². The zero-order chi connectivity index (χ0) is 79.6. The van der Waals surface area contributed by atoms with Crippen LogP contribution in [0.1, 0.15) is 100 Å². The molecule has 5 rings (SSSR count). The molecule has 1 heterocycles. The summed E-state index contributed by atoms with van der Waals surface area (Å²) in [4.78, 5) is 197. The van der Waals surface area contributed by atoms with Gasteiger partial charge >= 0.3 is 11.9 Å². The lowest BCUT2D eigenvalue weighted by molar-refractivity contribution is -0.162. The number of carboxylic acids is 2. The van der Waals surface area contributed by atoms with Crippen LogP contribution in [0.5, 0.6) is 0 Å². The van der Waals surface area contributed by atoms with Gasteiger partial charge in [0.25, 0.3) is 5.91 Å². The number of nitrogens with one attached hydrogen (secondary N) is 10. The molecule has 108 heavy (non-hydrogen) atoms. The van der Waals surface area contributed by atoms with E-state index in [4.69, 9.17) is 28.7 Å².